The summed E-state index contributed by atoms with van der Waals surface area (Å²) < 4.78 is 33.1. The van der Waals surface area contributed by atoms with Crippen LogP contribution in [0.5, 0.6) is 0 Å². The molecule has 0 bridgehead atoms. The fourth-order valence-corrected chi connectivity index (χ4v) is 8.87. The summed E-state index contributed by atoms with van der Waals surface area (Å²) in [7, 11) is -4.41. The molecule has 83 heavy (non-hydrogen) atoms. The number of hydrogen-bond acceptors (Lipinski definition) is 8. The SMILES string of the molecule is CC/C=C\C/C=C\C/C=C\C/C=C\C/C=C\C/C=C\C/C=C\C/C=C\C/C=C\C/C=C\CCCCCCC(=O)OC(COC(=O)CCCCCCCCCCCCC/C=C\C/C=C\C/C=C\C/C=C\C/C=C\CC)COP(=O)(O)OCCN. The van der Waals surface area contributed by atoms with Gasteiger partial charge in [0.15, 0.2) is 6.10 Å². The number of carbonyl (C=O) groups excluding carboxylic acids is 2. The average Bonchev–Trinajstić information content (AvgIpc) is 3.48. The Bertz CT molecular complexity index is 2010. The van der Waals surface area contributed by atoms with Crippen molar-refractivity contribution in [3.63, 3.8) is 0 Å². The van der Waals surface area contributed by atoms with Gasteiger partial charge in [-0.3, -0.25) is 18.6 Å². The van der Waals surface area contributed by atoms with Gasteiger partial charge in [0.25, 0.3) is 0 Å². The Labute approximate surface area is 507 Å². The highest BCUT2D eigenvalue weighted by Gasteiger charge is 2.26. The molecule has 0 aliphatic heterocycles. The molecule has 0 saturated heterocycles. The number of unbranched alkanes of at least 4 members (excludes halogenated alkanes) is 15. The highest BCUT2D eigenvalue weighted by atomic mass is 31.2. The standard InChI is InChI=1S/C73H116NO8P/c1-3-5-7-9-11-13-15-17-19-21-23-25-27-29-31-32-33-34-35-36-37-38-40-42-44-46-48-50-52-54-56-58-60-62-64-66-73(76)82-71(70-81-83(77,78)80-68-67-74)69-79-72(75)65-63-61-59-57-55-53-51-49-47-45-43-41-39-30-28-26-24-22-20-18-16-14-12-10-8-6-4-2/h5-8,11-14,17-20,23-26,29-31,33-34,36-37,39-40,42,46,48,52,54,71H,3-4,9-10,15-16,21-22,27-28,32,35,38,41,43-45,47,49-51,53,55-70,74H2,1-2H3,(H,77,78)/b7-5-,8-6-,13-11-,14-12-,19-17-,20-18-,25-23-,26-24-,31-29-,34-33-,37-36-,39-30-,42-40-,48-46-,54-52-. The monoisotopic (exact) mass is 1170 g/mol. The first kappa shape index (κ1) is 78.1. The average molecular weight is 1170 g/mol. The van der Waals surface area contributed by atoms with Gasteiger partial charge >= 0.3 is 19.8 Å². The van der Waals surface area contributed by atoms with Crippen molar-refractivity contribution in [2.75, 3.05) is 26.4 Å². The molecule has 0 amide bonds. The minimum Gasteiger partial charge on any atom is -0.462 e. The third kappa shape index (κ3) is 66.1. The van der Waals surface area contributed by atoms with Crippen LogP contribution in [-0.4, -0.2) is 49.3 Å². The number of ether oxygens (including phenoxy) is 2. The van der Waals surface area contributed by atoms with Gasteiger partial charge < -0.3 is 20.1 Å². The van der Waals surface area contributed by atoms with E-state index in [1.807, 2.05) is 0 Å². The van der Waals surface area contributed by atoms with Gasteiger partial charge in [0, 0.05) is 19.4 Å². The summed E-state index contributed by atoms with van der Waals surface area (Å²) in [6.07, 6.45) is 99.5. The van der Waals surface area contributed by atoms with E-state index in [9.17, 15) is 19.0 Å². The van der Waals surface area contributed by atoms with E-state index in [-0.39, 0.29) is 32.6 Å². The molecule has 0 aromatic carbocycles. The van der Waals surface area contributed by atoms with Crippen molar-refractivity contribution in [1.82, 2.24) is 0 Å². The minimum absolute atomic E-state index is 0.0384. The number of esters is 2. The fraction of sp³-hybridized carbons (Fsp3) is 0.562. The number of phosphoric acid groups is 1. The molecule has 2 unspecified atom stereocenters. The Morgan fingerprint density at radius 1 is 0.361 bits per heavy atom. The largest absolute Gasteiger partial charge is 0.472 e. The Morgan fingerprint density at radius 2 is 0.627 bits per heavy atom. The first-order chi connectivity index (χ1) is 40.8. The van der Waals surface area contributed by atoms with Crippen LogP contribution in [0.4, 0.5) is 0 Å². The Morgan fingerprint density at radius 3 is 0.928 bits per heavy atom. The number of allylic oxidation sites excluding steroid dienone is 30. The predicted octanol–water partition coefficient (Wildman–Crippen LogP) is 21.2. The first-order valence-electron chi connectivity index (χ1n) is 32.3. The number of nitrogens with two attached hydrogens (primary N) is 1. The highest BCUT2D eigenvalue weighted by Crippen LogP contribution is 2.43. The van der Waals surface area contributed by atoms with Crippen molar-refractivity contribution < 1.29 is 37.6 Å². The predicted molar refractivity (Wildman–Crippen MR) is 357 cm³/mol. The molecule has 0 aliphatic rings. The Hall–Kier alpha value is -4.89. The van der Waals surface area contributed by atoms with Crippen molar-refractivity contribution in [1.29, 1.82) is 0 Å². The van der Waals surface area contributed by atoms with Crippen molar-refractivity contribution >= 4 is 19.8 Å². The molecule has 466 valence electrons. The molecule has 0 aliphatic carbocycles. The Kier molecular flexibility index (Phi) is 62.3. The third-order valence-corrected chi connectivity index (χ3v) is 13.8. The van der Waals surface area contributed by atoms with Crippen LogP contribution < -0.4 is 5.73 Å². The van der Waals surface area contributed by atoms with Gasteiger partial charge in [-0.15, -0.1) is 0 Å². The lowest BCUT2D eigenvalue weighted by atomic mass is 10.0. The van der Waals surface area contributed by atoms with Gasteiger partial charge in [-0.05, 0) is 135 Å². The lowest BCUT2D eigenvalue weighted by molar-refractivity contribution is -0.161. The molecule has 3 N–H and O–H groups in total. The zero-order chi connectivity index (χ0) is 60.1. The fourth-order valence-electron chi connectivity index (χ4n) is 8.10. The zero-order valence-corrected chi connectivity index (χ0v) is 53.0. The van der Waals surface area contributed by atoms with E-state index in [1.54, 1.807) is 0 Å². The molecule has 9 nitrogen and oxygen atoms in total. The summed E-state index contributed by atoms with van der Waals surface area (Å²) in [4.78, 5) is 35.3. The molecular weight excluding hydrogens is 1050 g/mol. The maximum absolute atomic E-state index is 12.7. The van der Waals surface area contributed by atoms with Gasteiger partial charge in [-0.1, -0.05) is 267 Å². The van der Waals surface area contributed by atoms with Crippen LogP contribution in [0.3, 0.4) is 0 Å². The summed E-state index contributed by atoms with van der Waals surface area (Å²) in [5.74, 6) is -0.873. The summed E-state index contributed by atoms with van der Waals surface area (Å²) in [5, 5.41) is 0. The summed E-state index contributed by atoms with van der Waals surface area (Å²) >= 11 is 0. The van der Waals surface area contributed by atoms with Gasteiger partial charge in [0.2, 0.25) is 0 Å². The van der Waals surface area contributed by atoms with Crippen molar-refractivity contribution in [3.05, 3.63) is 182 Å². The lowest BCUT2D eigenvalue weighted by Gasteiger charge is -2.19. The molecule has 0 heterocycles. The maximum atomic E-state index is 12.7. The molecule has 10 heteroatoms. The second-order valence-electron chi connectivity index (χ2n) is 20.5. The lowest BCUT2D eigenvalue weighted by Crippen LogP contribution is -2.29. The molecule has 0 fully saturated rings. The Balaban J connectivity index is 4.07. The highest BCUT2D eigenvalue weighted by molar-refractivity contribution is 7.47. The maximum Gasteiger partial charge on any atom is 0.472 e. The van der Waals surface area contributed by atoms with Crippen molar-refractivity contribution in [2.45, 2.75) is 238 Å². The zero-order valence-electron chi connectivity index (χ0n) is 52.1. The van der Waals surface area contributed by atoms with Gasteiger partial charge in [-0.2, -0.15) is 0 Å². The summed E-state index contributed by atoms with van der Waals surface area (Å²) in [6.45, 7) is 3.46. The van der Waals surface area contributed by atoms with Crippen LogP contribution >= 0.6 is 7.82 Å². The van der Waals surface area contributed by atoms with E-state index in [1.165, 1.54) is 44.9 Å². The van der Waals surface area contributed by atoms with Gasteiger partial charge in [-0.25, -0.2) is 4.57 Å². The molecule has 0 rings (SSSR count). The molecule has 2 atom stereocenters. The first-order valence-corrected chi connectivity index (χ1v) is 33.8. The number of carbonyl (C=O) groups is 2. The molecular formula is C73H116NO8P. The van der Waals surface area contributed by atoms with E-state index in [4.69, 9.17) is 24.3 Å². The summed E-state index contributed by atoms with van der Waals surface area (Å²) in [6, 6.07) is 0. The van der Waals surface area contributed by atoms with Crippen LogP contribution in [-0.2, 0) is 32.7 Å². The topological polar surface area (TPSA) is 134 Å². The second-order valence-corrected chi connectivity index (χ2v) is 22.0. The molecule has 0 spiro atoms. The molecule has 0 radical (unpaired) electrons. The summed E-state index contributed by atoms with van der Waals surface area (Å²) in [5.41, 5.74) is 5.39. The number of phosphoric ester groups is 1. The van der Waals surface area contributed by atoms with Crippen molar-refractivity contribution in [2.24, 2.45) is 5.73 Å². The quantitative estimate of drug-likeness (QED) is 0.0264. The van der Waals surface area contributed by atoms with E-state index < -0.39 is 32.5 Å². The molecule has 0 aromatic rings. The second kappa shape index (κ2) is 66.3. The van der Waals surface area contributed by atoms with E-state index >= 15 is 0 Å². The molecule has 0 aromatic heterocycles. The van der Waals surface area contributed by atoms with Crippen LogP contribution in [0.2, 0.25) is 0 Å². The van der Waals surface area contributed by atoms with E-state index in [0.717, 1.165) is 148 Å². The molecule has 0 saturated carbocycles. The van der Waals surface area contributed by atoms with Crippen LogP contribution in [0.25, 0.3) is 0 Å². The van der Waals surface area contributed by atoms with Gasteiger partial charge in [0.05, 0.1) is 13.2 Å². The number of rotatable bonds is 58. The van der Waals surface area contributed by atoms with Crippen molar-refractivity contribution in [3.8, 4) is 0 Å². The minimum atomic E-state index is -4.41. The third-order valence-electron chi connectivity index (χ3n) is 12.8. The number of hydrogen-bond donors (Lipinski definition) is 2. The van der Waals surface area contributed by atoms with Gasteiger partial charge in [0.1, 0.15) is 6.61 Å². The smallest absolute Gasteiger partial charge is 0.462 e. The van der Waals surface area contributed by atoms with Crippen LogP contribution in [0.15, 0.2) is 182 Å². The normalized spacial score (nSPS) is 14.2. The van der Waals surface area contributed by atoms with E-state index in [2.05, 4.69) is 196 Å². The van der Waals surface area contributed by atoms with Crippen LogP contribution in [0, 0.1) is 0 Å². The van der Waals surface area contributed by atoms with E-state index in [0.29, 0.717) is 12.8 Å². The van der Waals surface area contributed by atoms with Crippen LogP contribution in [0.1, 0.15) is 232 Å².